The van der Waals surface area contributed by atoms with Crippen LogP contribution >= 0.6 is 22.6 Å². The average molecular weight is 439 g/mol. The second-order valence-corrected chi connectivity index (χ2v) is 6.25. The van der Waals surface area contributed by atoms with E-state index in [4.69, 9.17) is 4.74 Å². The van der Waals surface area contributed by atoms with E-state index in [9.17, 15) is 23.5 Å². The molecule has 0 radical (unpaired) electrons. The number of carbonyl (C=O) groups is 2. The number of rotatable bonds is 5. The molecule has 1 aromatic rings. The summed E-state index contributed by atoms with van der Waals surface area (Å²) in [7, 11) is 1.45. The summed E-state index contributed by atoms with van der Waals surface area (Å²) in [6, 6.07) is 1.45. The molecule has 0 aromatic heterocycles. The molecule has 0 amide bonds. The molecule has 0 spiro atoms. The lowest BCUT2D eigenvalue weighted by atomic mass is 9.88. The van der Waals surface area contributed by atoms with Crippen molar-refractivity contribution in [2.45, 2.75) is 31.6 Å². The largest absolute Gasteiger partial charge is 0.544 e. The Bertz CT molecular complexity index is 645. The third kappa shape index (κ3) is 3.73. The lowest BCUT2D eigenvalue weighted by Crippen LogP contribution is -2.45. The minimum Gasteiger partial charge on any atom is -0.544 e. The predicted octanol–water partition coefficient (Wildman–Crippen LogP) is 1.72. The van der Waals surface area contributed by atoms with Crippen molar-refractivity contribution < 1.29 is 33.0 Å². The fourth-order valence-corrected chi connectivity index (χ4v) is 3.47. The topological polar surface area (TPSA) is 75.7 Å². The molecule has 0 unspecified atom stereocenters. The van der Waals surface area contributed by atoms with Crippen molar-refractivity contribution in [3.8, 4) is 5.75 Å². The molecule has 1 aliphatic carbocycles. The van der Waals surface area contributed by atoms with Gasteiger partial charge in [-0.1, -0.05) is 0 Å². The minimum atomic E-state index is -4.22. The smallest absolute Gasteiger partial charge is 0.338 e. The van der Waals surface area contributed by atoms with E-state index in [1.54, 1.807) is 0 Å². The number of carbonyl (C=O) groups excluding carboxylic acids is 2. The number of alkyl halides is 2. The fraction of sp³-hybridized carbons (Fsp3) is 0.467. The molecule has 1 aliphatic rings. The van der Waals surface area contributed by atoms with Crippen LogP contribution in [0.4, 0.5) is 8.78 Å². The van der Waals surface area contributed by atoms with Crippen LogP contribution in [0.3, 0.4) is 0 Å². The second-order valence-electron chi connectivity index (χ2n) is 5.17. The Hall–Kier alpha value is -1.45. The van der Waals surface area contributed by atoms with Crippen LogP contribution in [0.1, 0.15) is 34.3 Å². The van der Waals surface area contributed by atoms with Crippen LogP contribution in [0.25, 0.3) is 0 Å². The first-order valence-corrected chi connectivity index (χ1v) is 8.00. The molecule has 0 bridgehead atoms. The monoisotopic (exact) mass is 439 g/mol. The van der Waals surface area contributed by atoms with E-state index in [0.717, 1.165) is 34.0 Å². The van der Waals surface area contributed by atoms with Gasteiger partial charge in [0.05, 0.1) is 16.2 Å². The first kappa shape index (κ1) is 17.9. The molecule has 0 fully saturated rings. The van der Waals surface area contributed by atoms with Gasteiger partial charge in [-0.05, 0) is 65.5 Å². The number of ether oxygens (including phenoxy) is 2. The van der Waals surface area contributed by atoms with Crippen molar-refractivity contribution in [2.75, 3.05) is 13.7 Å². The zero-order chi connectivity index (χ0) is 17.2. The zero-order valence-electron chi connectivity index (χ0n) is 12.3. The third-order valence-corrected chi connectivity index (χ3v) is 4.86. The molecule has 2 rings (SSSR count). The molecule has 0 atom stereocenters. The third-order valence-electron chi connectivity index (χ3n) is 3.67. The van der Waals surface area contributed by atoms with Crippen LogP contribution in [-0.2, 0) is 22.4 Å². The van der Waals surface area contributed by atoms with Gasteiger partial charge in [0.25, 0.3) is 0 Å². The number of carboxylic acids is 1. The van der Waals surface area contributed by atoms with Gasteiger partial charge in [0, 0.05) is 0 Å². The average Bonchev–Trinajstić information content (AvgIpc) is 2.53. The Morgan fingerprint density at radius 3 is 2.48 bits per heavy atom. The number of methoxy groups -OCH3 is 1. The Morgan fingerprint density at radius 2 is 1.91 bits per heavy atom. The van der Waals surface area contributed by atoms with E-state index in [2.05, 4.69) is 27.3 Å². The van der Waals surface area contributed by atoms with Crippen LogP contribution in [0.5, 0.6) is 5.75 Å². The fourth-order valence-electron chi connectivity index (χ4n) is 2.50. The van der Waals surface area contributed by atoms with Crippen molar-refractivity contribution in [3.05, 3.63) is 26.3 Å². The van der Waals surface area contributed by atoms with E-state index in [0.29, 0.717) is 12.2 Å². The Morgan fingerprint density at radius 1 is 1.30 bits per heavy atom. The number of fused-ring (bicyclic) bond motifs is 1. The molecule has 5 nitrogen and oxygen atoms in total. The Labute approximate surface area is 145 Å². The van der Waals surface area contributed by atoms with Gasteiger partial charge in [-0.25, -0.2) is 4.79 Å². The first-order valence-electron chi connectivity index (χ1n) is 6.92. The molecule has 8 heteroatoms. The summed E-state index contributed by atoms with van der Waals surface area (Å²) < 4.78 is 36.6. The molecule has 23 heavy (non-hydrogen) atoms. The van der Waals surface area contributed by atoms with Gasteiger partial charge in [0.2, 0.25) is 0 Å². The highest BCUT2D eigenvalue weighted by Gasteiger charge is 2.34. The van der Waals surface area contributed by atoms with Gasteiger partial charge in [0.1, 0.15) is 11.7 Å². The standard InChI is InChI=1S/C15H15F2IO5/c1-22-11-6-10(8-4-2-3-5-9(8)12(11)18)13(19)23-7-15(16,17)14(20)21/h6H,2-5,7H2,1H3,(H,20,21)/p-1. The number of aliphatic carboxylic acids is 1. The number of esters is 1. The number of carboxylic acid groups (broad SMARTS) is 1. The maximum absolute atomic E-state index is 13.0. The lowest BCUT2D eigenvalue weighted by molar-refractivity contribution is -0.331. The van der Waals surface area contributed by atoms with E-state index < -0.39 is 24.5 Å². The van der Waals surface area contributed by atoms with E-state index in [-0.39, 0.29) is 5.56 Å². The quantitative estimate of drug-likeness (QED) is 0.516. The van der Waals surface area contributed by atoms with E-state index >= 15 is 0 Å². The van der Waals surface area contributed by atoms with E-state index in [1.165, 1.54) is 13.2 Å². The molecule has 1 aromatic carbocycles. The van der Waals surface area contributed by atoms with Gasteiger partial charge in [0.15, 0.2) is 6.61 Å². The number of halogens is 3. The maximum Gasteiger partial charge on any atom is 0.338 e. The van der Waals surface area contributed by atoms with Gasteiger partial charge in [-0.15, -0.1) is 0 Å². The van der Waals surface area contributed by atoms with Gasteiger partial charge in [-0.2, -0.15) is 8.78 Å². The first-order chi connectivity index (χ1) is 10.8. The molecule has 0 saturated carbocycles. The number of benzene rings is 1. The summed E-state index contributed by atoms with van der Waals surface area (Å²) in [5.74, 6) is -7.32. The molecule has 0 saturated heterocycles. The summed E-state index contributed by atoms with van der Waals surface area (Å²) in [6.07, 6.45) is 3.25. The van der Waals surface area contributed by atoms with Crippen LogP contribution in [-0.4, -0.2) is 31.6 Å². The zero-order valence-corrected chi connectivity index (χ0v) is 14.4. The molecular formula is C15H14F2IO5-. The summed E-state index contributed by atoms with van der Waals surface area (Å²) >= 11 is 2.12. The van der Waals surface area contributed by atoms with Crippen molar-refractivity contribution in [3.63, 3.8) is 0 Å². The summed E-state index contributed by atoms with van der Waals surface area (Å²) in [4.78, 5) is 22.4. The van der Waals surface area contributed by atoms with Gasteiger partial charge < -0.3 is 19.4 Å². The molecule has 0 N–H and O–H groups in total. The normalized spacial score (nSPS) is 14.1. The molecular weight excluding hydrogens is 425 g/mol. The van der Waals surface area contributed by atoms with Crippen molar-refractivity contribution in [2.24, 2.45) is 0 Å². The lowest BCUT2D eigenvalue weighted by Gasteiger charge is -2.23. The van der Waals surface area contributed by atoms with Gasteiger partial charge in [-0.3, -0.25) is 0 Å². The van der Waals surface area contributed by atoms with Crippen molar-refractivity contribution >= 4 is 34.5 Å². The molecule has 0 heterocycles. The number of hydrogen-bond donors (Lipinski definition) is 0. The SMILES string of the molecule is COc1cc(C(=O)OCC(F)(F)C(=O)[O-])c2c(c1I)CCCC2. The minimum absolute atomic E-state index is 0.145. The van der Waals surface area contributed by atoms with Crippen LogP contribution < -0.4 is 9.84 Å². The summed E-state index contributed by atoms with van der Waals surface area (Å²) in [5, 5.41) is 10.3. The van der Waals surface area contributed by atoms with Crippen molar-refractivity contribution in [1.82, 2.24) is 0 Å². The highest BCUT2D eigenvalue weighted by Crippen LogP contribution is 2.35. The van der Waals surface area contributed by atoms with Crippen LogP contribution in [0.15, 0.2) is 6.07 Å². The molecule has 0 aliphatic heterocycles. The highest BCUT2D eigenvalue weighted by molar-refractivity contribution is 14.1. The predicted molar refractivity (Wildman–Crippen MR) is 82.6 cm³/mol. The second kappa shape index (κ2) is 6.98. The Balaban J connectivity index is 2.31. The van der Waals surface area contributed by atoms with Gasteiger partial charge >= 0.3 is 11.9 Å². The van der Waals surface area contributed by atoms with Crippen LogP contribution in [0.2, 0.25) is 0 Å². The van der Waals surface area contributed by atoms with E-state index in [1.807, 2.05) is 0 Å². The maximum atomic E-state index is 13.0. The highest BCUT2D eigenvalue weighted by atomic mass is 127. The Kier molecular flexibility index (Phi) is 5.43. The van der Waals surface area contributed by atoms with Crippen LogP contribution in [0, 0.1) is 3.57 Å². The summed E-state index contributed by atoms with van der Waals surface area (Å²) in [6.45, 7) is -1.56. The number of hydrogen-bond acceptors (Lipinski definition) is 5. The molecule has 126 valence electrons. The summed E-state index contributed by atoms with van der Waals surface area (Å²) in [5.41, 5.74) is 1.85. The van der Waals surface area contributed by atoms with Crippen molar-refractivity contribution in [1.29, 1.82) is 0 Å².